The summed E-state index contributed by atoms with van der Waals surface area (Å²) < 4.78 is 2.38. The molecule has 3 N–H and O–H groups in total. The lowest BCUT2D eigenvalue weighted by atomic mass is 10.0. The number of nitrogens with two attached hydrogens (primary N) is 1. The second kappa shape index (κ2) is 10.8. The van der Waals surface area contributed by atoms with Crippen molar-refractivity contribution in [3.05, 3.63) is 174 Å². The highest BCUT2D eigenvalue weighted by atomic mass is 15.3. The maximum atomic E-state index is 5.23. The van der Waals surface area contributed by atoms with E-state index in [0.717, 1.165) is 17.1 Å². The Bertz CT molecular complexity index is 2080. The van der Waals surface area contributed by atoms with E-state index in [0.29, 0.717) is 0 Å². The Morgan fingerprint density at radius 2 is 1.16 bits per heavy atom. The van der Waals surface area contributed by atoms with Crippen molar-refractivity contribution in [2.75, 3.05) is 0 Å². The van der Waals surface area contributed by atoms with E-state index in [2.05, 4.69) is 173 Å². The summed E-state index contributed by atoms with van der Waals surface area (Å²) in [5, 5.41) is 8.54. The van der Waals surface area contributed by atoms with Crippen LogP contribution in [0.5, 0.6) is 0 Å². The van der Waals surface area contributed by atoms with Gasteiger partial charge in [-0.05, 0) is 41.5 Å². The van der Waals surface area contributed by atoms with Gasteiger partial charge in [0.05, 0.1) is 11.0 Å². The number of para-hydroxylation sites is 1. The zero-order valence-electron chi connectivity index (χ0n) is 23.6. The molecule has 0 radical (unpaired) electrons. The normalized spacial score (nSPS) is 16.6. The van der Waals surface area contributed by atoms with Crippen LogP contribution in [-0.4, -0.2) is 10.4 Å². The van der Waals surface area contributed by atoms with Gasteiger partial charge in [-0.2, -0.15) is 0 Å². The average Bonchev–Trinajstić information content (AvgIpc) is 3.43. The van der Waals surface area contributed by atoms with Gasteiger partial charge in [0.25, 0.3) is 0 Å². The molecule has 0 amide bonds. The Hall–Kier alpha value is -5.45. The van der Waals surface area contributed by atoms with Crippen LogP contribution in [-0.2, 0) is 0 Å². The molecule has 7 aromatic rings. The van der Waals surface area contributed by atoms with Gasteiger partial charge in [-0.3, -0.25) is 5.32 Å². The minimum atomic E-state index is -0.0454. The van der Waals surface area contributed by atoms with Gasteiger partial charge in [0.15, 0.2) is 6.17 Å². The van der Waals surface area contributed by atoms with Gasteiger partial charge in [-0.15, -0.1) is 0 Å². The third-order valence-electron chi connectivity index (χ3n) is 8.39. The predicted molar refractivity (Wildman–Crippen MR) is 176 cm³/mol. The van der Waals surface area contributed by atoms with Crippen LogP contribution in [0.2, 0.25) is 0 Å². The Kier molecular flexibility index (Phi) is 6.32. The first-order valence-electron chi connectivity index (χ1n) is 14.8. The van der Waals surface area contributed by atoms with Crippen molar-refractivity contribution in [1.29, 1.82) is 0 Å². The summed E-state index contributed by atoms with van der Waals surface area (Å²) in [5.41, 5.74) is 9.43. The highest BCUT2D eigenvalue weighted by molar-refractivity contribution is 6.10. The standard InChI is InChI=1S/C39H30N4/c1-4-13-27(14-5-1)30-23-24-36-34(26-30)33-21-10-11-22-35(33)43(36)32-20-12-19-31(25-32)39-41-37(28-15-6-2-7-16-28)40-38(42-39)29-17-8-3-9-18-29/h1-26,37-38,40H,(H,41,42)/p+1. The third-order valence-corrected chi connectivity index (χ3v) is 8.39. The van der Waals surface area contributed by atoms with Gasteiger partial charge in [0.1, 0.15) is 5.84 Å². The summed E-state index contributed by atoms with van der Waals surface area (Å²) in [7, 11) is 0. The van der Waals surface area contributed by atoms with Crippen LogP contribution in [0.15, 0.2) is 163 Å². The van der Waals surface area contributed by atoms with Crippen molar-refractivity contribution in [2.45, 2.75) is 12.3 Å². The summed E-state index contributed by atoms with van der Waals surface area (Å²) in [5.74, 6) is 0.902. The van der Waals surface area contributed by atoms with Crippen LogP contribution in [0.1, 0.15) is 29.0 Å². The quantitative estimate of drug-likeness (QED) is 0.224. The summed E-state index contributed by atoms with van der Waals surface area (Å²) in [4.78, 5) is 5.23. The molecule has 2 heterocycles. The zero-order valence-corrected chi connectivity index (χ0v) is 23.6. The SMILES string of the molecule is c1ccc(-c2ccc3c(c2)c2ccccc2n3-c2cccc(C3=NC(c4ccccc4)[NH2+]C(c4ccccc4)N3)c2)cc1. The molecule has 206 valence electrons. The Balaban J connectivity index is 1.25. The van der Waals surface area contributed by atoms with Crippen molar-refractivity contribution in [3.8, 4) is 16.8 Å². The van der Waals surface area contributed by atoms with Crippen LogP contribution in [0.25, 0.3) is 38.6 Å². The van der Waals surface area contributed by atoms with Crippen molar-refractivity contribution in [3.63, 3.8) is 0 Å². The first-order chi connectivity index (χ1) is 21.3. The lowest BCUT2D eigenvalue weighted by Crippen LogP contribution is -2.90. The summed E-state index contributed by atoms with van der Waals surface area (Å²) in [6, 6.07) is 56.0. The van der Waals surface area contributed by atoms with Crippen LogP contribution < -0.4 is 10.6 Å². The van der Waals surface area contributed by atoms with Gasteiger partial charge in [-0.25, -0.2) is 4.99 Å². The minimum Gasteiger partial charge on any atom is -0.317 e. The highest BCUT2D eigenvalue weighted by Gasteiger charge is 2.29. The molecule has 0 fully saturated rings. The fourth-order valence-electron chi connectivity index (χ4n) is 6.30. The zero-order chi connectivity index (χ0) is 28.6. The molecule has 4 heteroatoms. The Morgan fingerprint density at radius 1 is 0.512 bits per heavy atom. The smallest absolute Gasteiger partial charge is 0.209 e. The summed E-state index contributed by atoms with van der Waals surface area (Å²) >= 11 is 0. The van der Waals surface area contributed by atoms with Crippen molar-refractivity contribution in [2.24, 2.45) is 4.99 Å². The molecule has 1 aliphatic rings. The van der Waals surface area contributed by atoms with Gasteiger partial charge in [-0.1, -0.05) is 127 Å². The monoisotopic (exact) mass is 555 g/mol. The van der Waals surface area contributed by atoms with Gasteiger partial charge < -0.3 is 9.88 Å². The van der Waals surface area contributed by atoms with E-state index in [-0.39, 0.29) is 12.3 Å². The number of aromatic nitrogens is 1. The second-order valence-electron chi connectivity index (χ2n) is 11.1. The molecule has 1 aromatic heterocycles. The van der Waals surface area contributed by atoms with Crippen LogP contribution in [0, 0.1) is 0 Å². The number of aliphatic imine (C=N–C) groups is 1. The number of amidine groups is 1. The molecule has 8 rings (SSSR count). The molecule has 0 saturated heterocycles. The molecule has 0 saturated carbocycles. The molecule has 4 nitrogen and oxygen atoms in total. The summed E-state index contributed by atoms with van der Waals surface area (Å²) in [6.45, 7) is 0. The molecular weight excluding hydrogens is 524 g/mol. The second-order valence-corrected chi connectivity index (χ2v) is 11.1. The van der Waals surface area contributed by atoms with Crippen LogP contribution in [0.3, 0.4) is 0 Å². The van der Waals surface area contributed by atoms with E-state index in [1.165, 1.54) is 44.1 Å². The van der Waals surface area contributed by atoms with E-state index in [9.17, 15) is 0 Å². The molecule has 1 aliphatic heterocycles. The molecule has 0 spiro atoms. The third kappa shape index (κ3) is 4.68. The topological polar surface area (TPSA) is 45.9 Å². The van der Waals surface area contributed by atoms with Gasteiger partial charge >= 0.3 is 0 Å². The highest BCUT2D eigenvalue weighted by Crippen LogP contribution is 2.35. The number of nitrogens with zero attached hydrogens (tertiary/aromatic N) is 2. The van der Waals surface area contributed by atoms with Crippen LogP contribution in [0.4, 0.5) is 0 Å². The first-order valence-corrected chi connectivity index (χ1v) is 14.8. The number of rotatable bonds is 5. The Morgan fingerprint density at radius 3 is 1.95 bits per heavy atom. The van der Waals surface area contributed by atoms with E-state index in [1.54, 1.807) is 0 Å². The molecular formula is C39H31N4+. The number of hydrogen-bond acceptors (Lipinski definition) is 2. The van der Waals surface area contributed by atoms with Gasteiger partial charge in [0, 0.05) is 33.2 Å². The van der Waals surface area contributed by atoms with Crippen molar-refractivity contribution < 1.29 is 5.32 Å². The van der Waals surface area contributed by atoms with E-state index in [4.69, 9.17) is 4.99 Å². The van der Waals surface area contributed by atoms with Crippen molar-refractivity contribution >= 4 is 27.6 Å². The molecule has 2 unspecified atom stereocenters. The van der Waals surface area contributed by atoms with Gasteiger partial charge in [0.2, 0.25) is 6.17 Å². The lowest BCUT2D eigenvalue weighted by molar-refractivity contribution is -0.739. The summed E-state index contributed by atoms with van der Waals surface area (Å²) in [6.07, 6.45) is 0.00293. The van der Waals surface area contributed by atoms with E-state index < -0.39 is 0 Å². The number of benzene rings is 6. The molecule has 0 bridgehead atoms. The molecule has 2 atom stereocenters. The van der Waals surface area contributed by atoms with Crippen LogP contribution >= 0.6 is 0 Å². The van der Waals surface area contributed by atoms with E-state index in [1.807, 2.05) is 0 Å². The number of quaternary nitrogens is 1. The number of nitrogens with one attached hydrogen (secondary N) is 1. The van der Waals surface area contributed by atoms with Crippen molar-refractivity contribution in [1.82, 2.24) is 9.88 Å². The molecule has 6 aromatic carbocycles. The maximum absolute atomic E-state index is 5.23. The fourth-order valence-corrected chi connectivity index (χ4v) is 6.30. The largest absolute Gasteiger partial charge is 0.317 e. The van der Waals surface area contributed by atoms with E-state index >= 15 is 0 Å². The lowest BCUT2D eigenvalue weighted by Gasteiger charge is -2.29. The Labute approximate surface area is 251 Å². The average molecular weight is 556 g/mol. The fraction of sp³-hybridized carbons (Fsp3) is 0.0513. The first kappa shape index (κ1) is 25.3. The predicted octanol–water partition coefficient (Wildman–Crippen LogP) is 7.76. The molecule has 43 heavy (non-hydrogen) atoms. The minimum absolute atomic E-state index is 0.0454. The maximum Gasteiger partial charge on any atom is 0.209 e. The number of fused-ring (bicyclic) bond motifs is 3. The number of hydrogen-bond donors (Lipinski definition) is 2. The molecule has 0 aliphatic carbocycles.